The predicted molar refractivity (Wildman–Crippen MR) is 101 cm³/mol. The molecule has 3 aromatic rings. The van der Waals surface area contributed by atoms with E-state index in [2.05, 4.69) is 14.9 Å². The molecule has 0 aliphatic rings. The fraction of sp³-hybridized carbons (Fsp3) is 0.158. The van der Waals surface area contributed by atoms with Crippen LogP contribution in [0.1, 0.15) is 12.5 Å². The van der Waals surface area contributed by atoms with Gasteiger partial charge in [-0.15, -0.1) is 10.2 Å². The third kappa shape index (κ3) is 4.18. The molecule has 7 heteroatoms. The Balaban J connectivity index is 1.77. The van der Waals surface area contributed by atoms with Gasteiger partial charge in [0.1, 0.15) is 0 Å². The van der Waals surface area contributed by atoms with Crippen molar-refractivity contribution >= 4 is 15.7 Å². The molecule has 2 aromatic carbocycles. The van der Waals surface area contributed by atoms with Crippen molar-refractivity contribution < 1.29 is 13.2 Å². The van der Waals surface area contributed by atoms with Gasteiger partial charge in [0.15, 0.2) is 0 Å². The van der Waals surface area contributed by atoms with Crippen molar-refractivity contribution in [2.75, 3.05) is 11.3 Å². The van der Waals surface area contributed by atoms with Crippen molar-refractivity contribution in [3.05, 3.63) is 66.2 Å². The number of benzene rings is 2. The van der Waals surface area contributed by atoms with Gasteiger partial charge >= 0.3 is 0 Å². The summed E-state index contributed by atoms with van der Waals surface area (Å²) in [5, 5.41) is 8.11. The van der Waals surface area contributed by atoms with Crippen LogP contribution in [-0.4, -0.2) is 25.2 Å². The zero-order valence-corrected chi connectivity index (χ0v) is 15.3. The molecule has 0 bridgehead atoms. The summed E-state index contributed by atoms with van der Waals surface area (Å²) in [5.74, 6) is 0.471. The number of aromatic nitrogens is 2. The van der Waals surface area contributed by atoms with Crippen LogP contribution >= 0.6 is 0 Å². The summed E-state index contributed by atoms with van der Waals surface area (Å²) in [5.41, 5.74) is 2.88. The Labute approximate surface area is 152 Å². The number of nitrogens with zero attached hydrogens (tertiary/aromatic N) is 2. The monoisotopic (exact) mass is 369 g/mol. The fourth-order valence-electron chi connectivity index (χ4n) is 2.40. The van der Waals surface area contributed by atoms with Gasteiger partial charge in [-0.1, -0.05) is 24.3 Å². The summed E-state index contributed by atoms with van der Waals surface area (Å²) in [6.07, 6.45) is 0. The molecule has 1 aromatic heterocycles. The molecule has 0 saturated carbocycles. The first-order chi connectivity index (χ1) is 12.5. The largest absolute Gasteiger partial charge is 0.477 e. The number of ether oxygens (including phenoxy) is 1. The molecule has 0 atom stereocenters. The van der Waals surface area contributed by atoms with E-state index in [0.29, 0.717) is 23.9 Å². The molecule has 0 aliphatic heterocycles. The smallest absolute Gasteiger partial charge is 0.261 e. The summed E-state index contributed by atoms with van der Waals surface area (Å²) in [6.45, 7) is 4.27. The van der Waals surface area contributed by atoms with E-state index in [0.717, 1.165) is 11.1 Å². The second-order valence-corrected chi connectivity index (χ2v) is 7.37. The van der Waals surface area contributed by atoms with Crippen LogP contribution in [0.2, 0.25) is 0 Å². The van der Waals surface area contributed by atoms with Crippen molar-refractivity contribution in [2.45, 2.75) is 18.7 Å². The molecule has 26 heavy (non-hydrogen) atoms. The second kappa shape index (κ2) is 7.53. The van der Waals surface area contributed by atoms with Crippen molar-refractivity contribution in [3.63, 3.8) is 0 Å². The number of hydrogen-bond donors (Lipinski definition) is 1. The lowest BCUT2D eigenvalue weighted by molar-refractivity contribution is 0.323. The van der Waals surface area contributed by atoms with E-state index >= 15 is 0 Å². The summed E-state index contributed by atoms with van der Waals surface area (Å²) in [7, 11) is -3.62. The Bertz CT molecular complexity index is 985. The third-order valence-corrected chi connectivity index (χ3v) is 5.04. The summed E-state index contributed by atoms with van der Waals surface area (Å²) >= 11 is 0. The third-order valence-electron chi connectivity index (χ3n) is 3.67. The van der Waals surface area contributed by atoms with E-state index in [-0.39, 0.29) is 4.90 Å². The molecule has 3 rings (SSSR count). The van der Waals surface area contributed by atoms with Crippen molar-refractivity contribution in [3.8, 4) is 17.1 Å². The highest BCUT2D eigenvalue weighted by Crippen LogP contribution is 2.22. The molecule has 0 saturated heterocycles. The van der Waals surface area contributed by atoms with Crippen LogP contribution in [0.25, 0.3) is 11.3 Å². The van der Waals surface area contributed by atoms with Gasteiger partial charge in [0.25, 0.3) is 10.0 Å². The van der Waals surface area contributed by atoms with Gasteiger partial charge < -0.3 is 4.74 Å². The maximum atomic E-state index is 12.5. The Kier molecular flexibility index (Phi) is 5.18. The fourth-order valence-corrected chi connectivity index (χ4v) is 3.57. The molecule has 0 radical (unpaired) electrons. The lowest BCUT2D eigenvalue weighted by Gasteiger charge is -2.09. The van der Waals surface area contributed by atoms with E-state index in [9.17, 15) is 8.42 Å². The van der Waals surface area contributed by atoms with Crippen LogP contribution in [0.3, 0.4) is 0 Å². The van der Waals surface area contributed by atoms with E-state index in [1.807, 2.05) is 26.0 Å². The zero-order valence-electron chi connectivity index (χ0n) is 14.5. The average molecular weight is 369 g/mol. The normalized spacial score (nSPS) is 11.2. The molecule has 134 valence electrons. The summed E-state index contributed by atoms with van der Waals surface area (Å²) < 4.78 is 32.8. The highest BCUT2D eigenvalue weighted by Gasteiger charge is 2.14. The van der Waals surface area contributed by atoms with Crippen molar-refractivity contribution in [1.82, 2.24) is 10.2 Å². The molecule has 0 amide bonds. The first-order valence-electron chi connectivity index (χ1n) is 8.14. The highest BCUT2D eigenvalue weighted by molar-refractivity contribution is 7.92. The van der Waals surface area contributed by atoms with E-state index in [4.69, 9.17) is 4.74 Å². The first-order valence-corrected chi connectivity index (χ1v) is 9.63. The summed E-state index contributed by atoms with van der Waals surface area (Å²) in [6, 6.07) is 17.3. The first kappa shape index (κ1) is 17.9. The number of aryl methyl sites for hydroxylation is 1. The molecular weight excluding hydrogens is 350 g/mol. The predicted octanol–water partition coefficient (Wildman–Crippen LogP) is 3.65. The van der Waals surface area contributed by atoms with Crippen LogP contribution in [0, 0.1) is 6.92 Å². The van der Waals surface area contributed by atoms with Gasteiger partial charge in [0.2, 0.25) is 5.88 Å². The molecule has 0 fully saturated rings. The number of nitrogens with one attached hydrogen (secondary N) is 1. The Hall–Kier alpha value is -2.93. The maximum Gasteiger partial charge on any atom is 0.261 e. The number of rotatable bonds is 6. The minimum Gasteiger partial charge on any atom is -0.477 e. The van der Waals surface area contributed by atoms with Crippen molar-refractivity contribution in [2.24, 2.45) is 0 Å². The molecule has 0 spiro atoms. The van der Waals surface area contributed by atoms with Gasteiger partial charge in [0.05, 0.1) is 17.2 Å². The van der Waals surface area contributed by atoms with E-state index < -0.39 is 10.0 Å². The Morgan fingerprint density at radius 3 is 2.38 bits per heavy atom. The standard InChI is InChI=1S/C19H19N3O3S/c1-3-25-19-12-11-18(20-21-19)15-7-9-16(10-8-15)22-26(23,24)17-6-4-5-14(2)13-17/h4-13,22H,3H2,1-2H3. The second-order valence-electron chi connectivity index (χ2n) is 5.69. The lowest BCUT2D eigenvalue weighted by atomic mass is 10.1. The molecular formula is C19H19N3O3S. The quantitative estimate of drug-likeness (QED) is 0.717. The van der Waals surface area contributed by atoms with Crippen LogP contribution in [0.15, 0.2) is 65.6 Å². The van der Waals surface area contributed by atoms with Gasteiger partial charge in [0, 0.05) is 17.3 Å². The van der Waals surface area contributed by atoms with Gasteiger partial charge in [-0.3, -0.25) is 4.72 Å². The van der Waals surface area contributed by atoms with E-state index in [1.165, 1.54) is 0 Å². The number of hydrogen-bond acceptors (Lipinski definition) is 5. The van der Waals surface area contributed by atoms with Crippen LogP contribution in [0.4, 0.5) is 5.69 Å². The van der Waals surface area contributed by atoms with Crippen molar-refractivity contribution in [1.29, 1.82) is 0 Å². The summed E-state index contributed by atoms with van der Waals surface area (Å²) in [4.78, 5) is 0.235. The molecule has 0 unspecified atom stereocenters. The van der Waals surface area contributed by atoms with Crippen LogP contribution in [0.5, 0.6) is 5.88 Å². The van der Waals surface area contributed by atoms with Gasteiger partial charge in [-0.05, 0) is 49.7 Å². The topological polar surface area (TPSA) is 81.2 Å². The molecule has 1 N–H and O–H groups in total. The highest BCUT2D eigenvalue weighted by atomic mass is 32.2. The lowest BCUT2D eigenvalue weighted by Crippen LogP contribution is -2.12. The van der Waals surface area contributed by atoms with Crippen LogP contribution < -0.4 is 9.46 Å². The minimum absolute atomic E-state index is 0.235. The Morgan fingerprint density at radius 1 is 1.00 bits per heavy atom. The molecule has 6 nitrogen and oxygen atoms in total. The maximum absolute atomic E-state index is 12.5. The molecule has 1 heterocycles. The van der Waals surface area contributed by atoms with E-state index in [1.54, 1.807) is 48.5 Å². The van der Waals surface area contributed by atoms with Gasteiger partial charge in [-0.25, -0.2) is 8.42 Å². The number of sulfonamides is 1. The Morgan fingerprint density at radius 2 is 1.77 bits per heavy atom. The average Bonchev–Trinajstić information content (AvgIpc) is 2.63. The number of anilines is 1. The molecule has 0 aliphatic carbocycles. The zero-order chi connectivity index (χ0) is 18.6. The SMILES string of the molecule is CCOc1ccc(-c2ccc(NS(=O)(=O)c3cccc(C)c3)cc2)nn1. The van der Waals surface area contributed by atoms with Crippen LogP contribution in [-0.2, 0) is 10.0 Å². The minimum atomic E-state index is -3.62. The van der Waals surface area contributed by atoms with Gasteiger partial charge in [-0.2, -0.15) is 0 Å².